The van der Waals surface area contributed by atoms with Crippen LogP contribution in [0.1, 0.15) is 36.7 Å². The van der Waals surface area contributed by atoms with Gasteiger partial charge in [-0.25, -0.2) is 9.97 Å². The molecule has 0 aliphatic carbocycles. The van der Waals surface area contributed by atoms with Crippen molar-refractivity contribution in [1.82, 2.24) is 15.4 Å². The van der Waals surface area contributed by atoms with Crippen LogP contribution in [0.4, 0.5) is 5.82 Å². The van der Waals surface area contributed by atoms with E-state index in [1.807, 2.05) is 18.2 Å². The molecule has 21 heavy (non-hydrogen) atoms. The van der Waals surface area contributed by atoms with Crippen LogP contribution in [0.25, 0.3) is 0 Å². The van der Waals surface area contributed by atoms with Gasteiger partial charge in [-0.2, -0.15) is 0 Å². The number of carbonyl (C=O) groups excluding carboxylic acids is 1. The van der Waals surface area contributed by atoms with Gasteiger partial charge in [0, 0.05) is 18.0 Å². The Morgan fingerprint density at radius 1 is 1.19 bits per heavy atom. The summed E-state index contributed by atoms with van der Waals surface area (Å²) in [5.41, 5.74) is 6.86. The van der Waals surface area contributed by atoms with Gasteiger partial charge in [-0.3, -0.25) is 15.6 Å². The third kappa shape index (κ3) is 3.92. The number of halogens is 1. The van der Waals surface area contributed by atoms with Gasteiger partial charge in [-0.1, -0.05) is 44.5 Å². The summed E-state index contributed by atoms with van der Waals surface area (Å²) in [7, 11) is 0. The summed E-state index contributed by atoms with van der Waals surface area (Å²) in [4.78, 5) is 20.0. The minimum atomic E-state index is -0.261. The zero-order chi connectivity index (χ0) is 15.5. The molecular weight excluding hydrogens is 288 g/mol. The quantitative estimate of drug-likeness (QED) is 0.855. The number of aromatic nitrogens is 2. The van der Waals surface area contributed by atoms with Crippen LogP contribution in [-0.2, 0) is 5.41 Å². The topological polar surface area (TPSA) is 66.9 Å². The van der Waals surface area contributed by atoms with Crippen molar-refractivity contribution in [3.8, 4) is 0 Å². The Morgan fingerprint density at radius 3 is 2.57 bits per heavy atom. The first-order valence-corrected chi connectivity index (χ1v) is 6.89. The molecule has 1 aromatic carbocycles. The van der Waals surface area contributed by atoms with E-state index in [4.69, 9.17) is 11.6 Å². The van der Waals surface area contributed by atoms with Gasteiger partial charge in [-0.05, 0) is 23.1 Å². The van der Waals surface area contributed by atoms with Gasteiger partial charge in [0.2, 0.25) is 0 Å². The van der Waals surface area contributed by atoms with E-state index in [0.29, 0.717) is 11.4 Å². The van der Waals surface area contributed by atoms with Crippen molar-refractivity contribution in [2.24, 2.45) is 0 Å². The lowest BCUT2D eigenvalue weighted by atomic mass is 9.86. The van der Waals surface area contributed by atoms with Crippen LogP contribution in [0.15, 0.2) is 36.7 Å². The first-order chi connectivity index (χ1) is 9.88. The monoisotopic (exact) mass is 304 g/mol. The first-order valence-electron chi connectivity index (χ1n) is 6.51. The summed E-state index contributed by atoms with van der Waals surface area (Å²) in [6.45, 7) is 6.30. The lowest BCUT2D eigenvalue weighted by Gasteiger charge is -2.19. The average molecular weight is 305 g/mol. The molecule has 0 aliphatic heterocycles. The lowest BCUT2D eigenvalue weighted by Crippen LogP contribution is -2.30. The Morgan fingerprint density at radius 2 is 1.90 bits per heavy atom. The van der Waals surface area contributed by atoms with Crippen LogP contribution in [-0.4, -0.2) is 15.9 Å². The number of amides is 1. The predicted octanol–water partition coefficient (Wildman–Crippen LogP) is 3.18. The van der Waals surface area contributed by atoms with Gasteiger partial charge < -0.3 is 0 Å². The van der Waals surface area contributed by atoms with Gasteiger partial charge in [-0.15, -0.1) is 0 Å². The van der Waals surface area contributed by atoms with E-state index in [1.165, 1.54) is 12.4 Å². The molecule has 1 heterocycles. The molecule has 2 rings (SSSR count). The summed E-state index contributed by atoms with van der Waals surface area (Å²) in [6.07, 6.45) is 2.96. The Kier molecular flexibility index (Phi) is 4.43. The average Bonchev–Trinajstić information content (AvgIpc) is 2.45. The highest BCUT2D eigenvalue weighted by molar-refractivity contribution is 6.31. The molecule has 0 unspecified atom stereocenters. The van der Waals surface area contributed by atoms with Crippen LogP contribution in [0, 0.1) is 0 Å². The van der Waals surface area contributed by atoms with Crippen LogP contribution in [0.3, 0.4) is 0 Å². The number of hydrogen-bond donors (Lipinski definition) is 2. The summed E-state index contributed by atoms with van der Waals surface area (Å²) in [6, 6.07) is 7.49. The molecule has 2 N–H and O–H groups in total. The third-order valence-corrected chi connectivity index (χ3v) is 3.22. The molecule has 0 saturated heterocycles. The molecule has 0 radical (unpaired) electrons. The Hall–Kier alpha value is -2.14. The van der Waals surface area contributed by atoms with E-state index in [9.17, 15) is 4.79 Å². The maximum Gasteiger partial charge on any atom is 0.269 e. The van der Waals surface area contributed by atoms with Crippen LogP contribution < -0.4 is 10.9 Å². The smallest absolute Gasteiger partial charge is 0.269 e. The standard InChI is InChI=1S/C15H17ClN4O/c1-15(2,3)11-6-4-5-10(9-11)14(21)20-19-13-12(16)17-7-8-18-13/h4-9H,1-3H3,(H,18,19)(H,20,21). The summed E-state index contributed by atoms with van der Waals surface area (Å²) in [5, 5.41) is 0.196. The van der Waals surface area contributed by atoms with Crippen molar-refractivity contribution in [3.05, 3.63) is 52.9 Å². The van der Waals surface area contributed by atoms with Crippen LogP contribution in [0.5, 0.6) is 0 Å². The molecule has 2 aromatic rings. The Bertz CT molecular complexity index is 652. The molecule has 0 saturated carbocycles. The van der Waals surface area contributed by atoms with Gasteiger partial charge in [0.15, 0.2) is 11.0 Å². The first kappa shape index (κ1) is 15.3. The summed E-state index contributed by atoms with van der Waals surface area (Å²) >= 11 is 5.85. The Labute approximate surface area is 128 Å². The van der Waals surface area contributed by atoms with E-state index in [-0.39, 0.29) is 16.5 Å². The number of anilines is 1. The minimum absolute atomic E-state index is 0.0159. The number of carbonyl (C=O) groups is 1. The van der Waals surface area contributed by atoms with E-state index in [1.54, 1.807) is 6.07 Å². The molecular formula is C15H17ClN4O. The zero-order valence-electron chi connectivity index (χ0n) is 12.1. The fourth-order valence-electron chi connectivity index (χ4n) is 1.72. The number of hydrogen-bond acceptors (Lipinski definition) is 4. The highest BCUT2D eigenvalue weighted by atomic mass is 35.5. The summed E-state index contributed by atoms with van der Waals surface area (Å²) in [5.74, 6) is 0.0438. The maximum atomic E-state index is 12.1. The number of rotatable bonds is 3. The number of nitrogens with zero attached hydrogens (tertiary/aromatic N) is 2. The zero-order valence-corrected chi connectivity index (χ0v) is 12.9. The molecule has 1 amide bonds. The second-order valence-electron chi connectivity index (χ2n) is 5.61. The highest BCUT2D eigenvalue weighted by Gasteiger charge is 2.15. The number of hydrazine groups is 1. The highest BCUT2D eigenvalue weighted by Crippen LogP contribution is 2.22. The predicted molar refractivity (Wildman–Crippen MR) is 83.3 cm³/mol. The molecule has 6 heteroatoms. The van der Waals surface area contributed by atoms with Gasteiger partial charge in [0.1, 0.15) is 0 Å². The van der Waals surface area contributed by atoms with E-state index in [2.05, 4.69) is 41.6 Å². The van der Waals surface area contributed by atoms with E-state index in [0.717, 1.165) is 5.56 Å². The molecule has 0 aliphatic rings. The van der Waals surface area contributed by atoms with Crippen molar-refractivity contribution in [3.63, 3.8) is 0 Å². The number of benzene rings is 1. The summed E-state index contributed by atoms with van der Waals surface area (Å²) < 4.78 is 0. The van der Waals surface area contributed by atoms with Crippen molar-refractivity contribution in [1.29, 1.82) is 0 Å². The molecule has 5 nitrogen and oxygen atoms in total. The second-order valence-corrected chi connectivity index (χ2v) is 5.96. The van der Waals surface area contributed by atoms with E-state index < -0.39 is 0 Å². The fourth-order valence-corrected chi connectivity index (χ4v) is 1.87. The van der Waals surface area contributed by atoms with Crippen molar-refractivity contribution >= 4 is 23.3 Å². The minimum Gasteiger partial charge on any atom is -0.279 e. The van der Waals surface area contributed by atoms with Gasteiger partial charge in [0.25, 0.3) is 5.91 Å². The fraction of sp³-hybridized carbons (Fsp3) is 0.267. The second kappa shape index (κ2) is 6.10. The van der Waals surface area contributed by atoms with Crippen molar-refractivity contribution in [2.45, 2.75) is 26.2 Å². The largest absolute Gasteiger partial charge is 0.279 e. The third-order valence-electron chi connectivity index (χ3n) is 2.94. The molecule has 110 valence electrons. The molecule has 1 aromatic heterocycles. The van der Waals surface area contributed by atoms with E-state index >= 15 is 0 Å². The van der Waals surface area contributed by atoms with Crippen molar-refractivity contribution in [2.75, 3.05) is 5.43 Å². The SMILES string of the molecule is CC(C)(C)c1cccc(C(=O)NNc2nccnc2Cl)c1. The van der Waals surface area contributed by atoms with Crippen LogP contribution in [0.2, 0.25) is 5.15 Å². The molecule has 0 fully saturated rings. The van der Waals surface area contributed by atoms with Crippen LogP contribution >= 0.6 is 11.6 Å². The molecule has 0 atom stereocenters. The Balaban J connectivity index is 2.09. The molecule has 0 bridgehead atoms. The van der Waals surface area contributed by atoms with Gasteiger partial charge >= 0.3 is 0 Å². The normalized spacial score (nSPS) is 11.0. The molecule has 0 spiro atoms. The maximum absolute atomic E-state index is 12.1. The van der Waals surface area contributed by atoms with Gasteiger partial charge in [0.05, 0.1) is 0 Å². The van der Waals surface area contributed by atoms with Crippen molar-refractivity contribution < 1.29 is 4.79 Å². The lowest BCUT2D eigenvalue weighted by molar-refractivity contribution is 0.0962. The number of nitrogens with one attached hydrogen (secondary N) is 2.